The highest BCUT2D eigenvalue weighted by Gasteiger charge is 2.39. The molecule has 0 radical (unpaired) electrons. The van der Waals surface area contributed by atoms with Crippen LogP contribution in [0.2, 0.25) is 0 Å². The van der Waals surface area contributed by atoms with Crippen LogP contribution in [-0.4, -0.2) is 0 Å². The van der Waals surface area contributed by atoms with Gasteiger partial charge in [-0.2, -0.15) is 0 Å². The first-order valence-corrected chi connectivity index (χ1v) is 4.66. The monoisotopic (exact) mass is 140 g/mol. The highest BCUT2D eigenvalue weighted by molar-refractivity contribution is 4.89. The normalized spacial score (nSPS) is 34.5. The van der Waals surface area contributed by atoms with E-state index in [9.17, 15) is 0 Å². The number of hydrogen-bond acceptors (Lipinski definition) is 0. The van der Waals surface area contributed by atoms with Crippen LogP contribution in [0.3, 0.4) is 0 Å². The van der Waals surface area contributed by atoms with Crippen molar-refractivity contribution in [1.82, 2.24) is 0 Å². The fraction of sp³-hybridized carbons (Fsp3) is 1.00. The summed E-state index contributed by atoms with van der Waals surface area (Å²) in [7, 11) is 0. The first-order chi connectivity index (χ1) is 4.66. The Kier molecular flexibility index (Phi) is 2.38. The Morgan fingerprint density at radius 1 is 1.30 bits per heavy atom. The zero-order valence-electron chi connectivity index (χ0n) is 7.72. The van der Waals surface area contributed by atoms with E-state index in [1.807, 2.05) is 0 Å². The lowest BCUT2D eigenvalue weighted by molar-refractivity contribution is 0.353. The Balaban J connectivity index is 2.25. The van der Waals surface area contributed by atoms with Gasteiger partial charge in [0, 0.05) is 0 Å². The molecule has 3 atom stereocenters. The highest BCUT2D eigenvalue weighted by Crippen LogP contribution is 2.48. The molecule has 1 saturated carbocycles. The molecule has 60 valence electrons. The summed E-state index contributed by atoms with van der Waals surface area (Å²) in [6.45, 7) is 9.41. The van der Waals surface area contributed by atoms with Gasteiger partial charge in [0.1, 0.15) is 0 Å². The molecule has 0 aliphatic heterocycles. The first kappa shape index (κ1) is 8.10. The molecular weight excluding hydrogens is 120 g/mol. The van der Waals surface area contributed by atoms with E-state index in [0.29, 0.717) is 0 Å². The topological polar surface area (TPSA) is 0 Å². The lowest BCUT2D eigenvalue weighted by atomic mass is 9.92. The minimum Gasteiger partial charge on any atom is -0.0651 e. The van der Waals surface area contributed by atoms with Crippen molar-refractivity contribution >= 4 is 0 Å². The minimum atomic E-state index is 0.890. The van der Waals surface area contributed by atoms with E-state index in [-0.39, 0.29) is 0 Å². The van der Waals surface area contributed by atoms with Crippen LogP contribution in [0.25, 0.3) is 0 Å². The Bertz CT molecular complexity index is 105. The predicted octanol–water partition coefficient (Wildman–Crippen LogP) is 3.32. The van der Waals surface area contributed by atoms with Crippen LogP contribution < -0.4 is 0 Å². The van der Waals surface area contributed by atoms with Crippen molar-refractivity contribution in [2.24, 2.45) is 23.7 Å². The van der Waals surface area contributed by atoms with E-state index in [1.54, 1.807) is 0 Å². The zero-order chi connectivity index (χ0) is 7.72. The average molecular weight is 140 g/mol. The van der Waals surface area contributed by atoms with Gasteiger partial charge in [0.25, 0.3) is 0 Å². The maximum Gasteiger partial charge on any atom is -0.0355 e. The van der Waals surface area contributed by atoms with Crippen LogP contribution >= 0.6 is 0 Å². The van der Waals surface area contributed by atoms with Crippen molar-refractivity contribution in [3.8, 4) is 0 Å². The molecule has 0 aromatic rings. The molecule has 0 amide bonds. The van der Waals surface area contributed by atoms with Gasteiger partial charge in [0.05, 0.1) is 0 Å². The molecule has 0 aromatic heterocycles. The standard InChI is InChI=1S/C10H20/c1-5-9-6-10(9)8(4)7(2)3/h7-10H,5-6H2,1-4H3. The summed E-state index contributed by atoms with van der Waals surface area (Å²) in [4.78, 5) is 0. The third kappa shape index (κ3) is 1.53. The van der Waals surface area contributed by atoms with Crippen molar-refractivity contribution in [3.63, 3.8) is 0 Å². The van der Waals surface area contributed by atoms with E-state index in [2.05, 4.69) is 27.7 Å². The predicted molar refractivity (Wildman–Crippen MR) is 45.9 cm³/mol. The third-order valence-corrected chi connectivity index (χ3v) is 3.23. The van der Waals surface area contributed by atoms with E-state index in [1.165, 1.54) is 12.8 Å². The molecule has 0 saturated heterocycles. The molecule has 0 heterocycles. The molecule has 1 rings (SSSR count). The molecule has 0 bridgehead atoms. The Morgan fingerprint density at radius 2 is 1.90 bits per heavy atom. The molecule has 0 N–H and O–H groups in total. The maximum atomic E-state index is 2.41. The van der Waals surface area contributed by atoms with Gasteiger partial charge in [-0.25, -0.2) is 0 Å². The third-order valence-electron chi connectivity index (χ3n) is 3.23. The van der Waals surface area contributed by atoms with Gasteiger partial charge in [-0.15, -0.1) is 0 Å². The van der Waals surface area contributed by atoms with Gasteiger partial charge in [0.15, 0.2) is 0 Å². The molecule has 0 spiro atoms. The molecule has 10 heavy (non-hydrogen) atoms. The van der Waals surface area contributed by atoms with E-state index in [4.69, 9.17) is 0 Å². The van der Waals surface area contributed by atoms with E-state index >= 15 is 0 Å². The van der Waals surface area contributed by atoms with Crippen molar-refractivity contribution < 1.29 is 0 Å². The molecular formula is C10H20. The first-order valence-electron chi connectivity index (χ1n) is 4.66. The SMILES string of the molecule is CCC1CC1C(C)C(C)C. The second kappa shape index (κ2) is 2.94. The Morgan fingerprint density at radius 3 is 2.20 bits per heavy atom. The van der Waals surface area contributed by atoms with Gasteiger partial charge in [-0.05, 0) is 30.1 Å². The summed E-state index contributed by atoms with van der Waals surface area (Å²) in [5.41, 5.74) is 0. The van der Waals surface area contributed by atoms with Crippen LogP contribution in [0.5, 0.6) is 0 Å². The van der Waals surface area contributed by atoms with Gasteiger partial charge in [0.2, 0.25) is 0 Å². The van der Waals surface area contributed by atoms with Gasteiger partial charge in [-0.3, -0.25) is 0 Å². The number of rotatable bonds is 3. The highest BCUT2D eigenvalue weighted by atomic mass is 14.4. The summed E-state index contributed by atoms with van der Waals surface area (Å²) in [5.74, 6) is 4.01. The van der Waals surface area contributed by atoms with E-state index < -0.39 is 0 Å². The lowest BCUT2D eigenvalue weighted by Crippen LogP contribution is -2.07. The van der Waals surface area contributed by atoms with Gasteiger partial charge >= 0.3 is 0 Å². The summed E-state index contributed by atoms with van der Waals surface area (Å²) in [6.07, 6.45) is 2.91. The van der Waals surface area contributed by atoms with Crippen LogP contribution in [0.1, 0.15) is 40.5 Å². The molecule has 0 aromatic carbocycles. The Hall–Kier alpha value is 0. The maximum absolute atomic E-state index is 2.41. The zero-order valence-corrected chi connectivity index (χ0v) is 7.72. The van der Waals surface area contributed by atoms with Crippen LogP contribution in [-0.2, 0) is 0 Å². The largest absolute Gasteiger partial charge is 0.0651 e. The molecule has 3 unspecified atom stereocenters. The average Bonchev–Trinajstić information content (AvgIpc) is 2.64. The minimum absolute atomic E-state index is 0.890. The summed E-state index contributed by atoms with van der Waals surface area (Å²) in [5, 5.41) is 0. The fourth-order valence-corrected chi connectivity index (χ4v) is 1.88. The van der Waals surface area contributed by atoms with Crippen molar-refractivity contribution in [2.75, 3.05) is 0 Å². The second-order valence-corrected chi connectivity index (χ2v) is 4.17. The smallest absolute Gasteiger partial charge is 0.0355 e. The van der Waals surface area contributed by atoms with Crippen molar-refractivity contribution in [1.29, 1.82) is 0 Å². The summed E-state index contributed by atoms with van der Waals surface area (Å²) >= 11 is 0. The lowest BCUT2D eigenvalue weighted by Gasteiger charge is -2.14. The molecule has 1 aliphatic carbocycles. The van der Waals surface area contributed by atoms with Crippen LogP contribution in [0.15, 0.2) is 0 Å². The Labute approximate surface area is 65.0 Å². The van der Waals surface area contributed by atoms with Crippen LogP contribution in [0, 0.1) is 23.7 Å². The summed E-state index contributed by atoms with van der Waals surface area (Å²) in [6, 6.07) is 0. The van der Waals surface area contributed by atoms with Crippen molar-refractivity contribution in [2.45, 2.75) is 40.5 Å². The van der Waals surface area contributed by atoms with Crippen LogP contribution in [0.4, 0.5) is 0 Å². The van der Waals surface area contributed by atoms with Gasteiger partial charge in [-0.1, -0.05) is 34.1 Å². The quantitative estimate of drug-likeness (QED) is 0.564. The van der Waals surface area contributed by atoms with Crippen molar-refractivity contribution in [3.05, 3.63) is 0 Å². The molecule has 0 heteroatoms. The van der Waals surface area contributed by atoms with Gasteiger partial charge < -0.3 is 0 Å². The fourth-order valence-electron chi connectivity index (χ4n) is 1.88. The van der Waals surface area contributed by atoms with E-state index in [0.717, 1.165) is 23.7 Å². The molecule has 1 aliphatic rings. The molecule has 1 fully saturated rings. The number of hydrogen-bond donors (Lipinski definition) is 0. The second-order valence-electron chi connectivity index (χ2n) is 4.17. The summed E-state index contributed by atoms with van der Waals surface area (Å²) < 4.78 is 0. The molecule has 0 nitrogen and oxygen atoms in total.